The molecule has 6 nitrogen and oxygen atoms in total. The van der Waals surface area contributed by atoms with Crippen LogP contribution in [0.2, 0.25) is 0 Å². The highest BCUT2D eigenvalue weighted by Crippen LogP contribution is 2.38. The molecule has 1 aliphatic carbocycles. The smallest absolute Gasteiger partial charge is 0.152 e. The van der Waals surface area contributed by atoms with Gasteiger partial charge in [-0.1, -0.05) is 0 Å². The average Bonchev–Trinajstić information content (AvgIpc) is 3.45. The lowest BCUT2D eigenvalue weighted by atomic mass is 9.99. The predicted molar refractivity (Wildman–Crippen MR) is 111 cm³/mol. The first-order valence-corrected chi connectivity index (χ1v) is 12.4. The SMILES string of the molecule is Cc1cnc2c(c1)c1c(n2CCN2CCS(=O)(=O)CC2)CC(C)N(C2CC2)C1. The molecule has 7 heteroatoms. The van der Waals surface area contributed by atoms with Gasteiger partial charge in [-0.3, -0.25) is 9.80 Å². The highest BCUT2D eigenvalue weighted by molar-refractivity contribution is 7.91. The lowest BCUT2D eigenvalue weighted by Gasteiger charge is -2.34. The quantitative estimate of drug-likeness (QED) is 0.783. The monoisotopic (exact) mass is 402 g/mol. The van der Waals surface area contributed by atoms with Crippen LogP contribution in [0.15, 0.2) is 12.3 Å². The minimum atomic E-state index is -2.82. The third-order valence-corrected chi connectivity index (χ3v) is 8.36. The summed E-state index contributed by atoms with van der Waals surface area (Å²) in [6.45, 7) is 8.61. The van der Waals surface area contributed by atoms with E-state index in [-0.39, 0.29) is 0 Å². The maximum Gasteiger partial charge on any atom is 0.152 e. The second-order valence-electron chi connectivity index (χ2n) is 8.91. The van der Waals surface area contributed by atoms with E-state index in [9.17, 15) is 8.42 Å². The maximum absolute atomic E-state index is 11.7. The molecule has 0 radical (unpaired) electrons. The van der Waals surface area contributed by atoms with Crippen LogP contribution in [-0.4, -0.2) is 71.0 Å². The van der Waals surface area contributed by atoms with Gasteiger partial charge in [0.1, 0.15) is 5.65 Å². The Bertz CT molecular complexity index is 995. The molecule has 2 aliphatic heterocycles. The van der Waals surface area contributed by atoms with Crippen LogP contribution in [0.1, 0.15) is 36.6 Å². The molecule has 1 atom stereocenters. The number of aryl methyl sites for hydroxylation is 1. The third kappa shape index (κ3) is 3.37. The van der Waals surface area contributed by atoms with Crippen LogP contribution in [0, 0.1) is 6.92 Å². The molecule has 0 spiro atoms. The maximum atomic E-state index is 11.7. The summed E-state index contributed by atoms with van der Waals surface area (Å²) >= 11 is 0. The predicted octanol–water partition coefficient (Wildman–Crippen LogP) is 1.98. The molecule has 0 aromatic carbocycles. The summed E-state index contributed by atoms with van der Waals surface area (Å²) in [7, 11) is -2.82. The average molecular weight is 403 g/mol. The van der Waals surface area contributed by atoms with Crippen molar-refractivity contribution < 1.29 is 8.42 Å². The molecule has 152 valence electrons. The van der Waals surface area contributed by atoms with E-state index in [4.69, 9.17) is 4.98 Å². The lowest BCUT2D eigenvalue weighted by molar-refractivity contribution is 0.171. The van der Waals surface area contributed by atoms with Crippen molar-refractivity contribution in [3.05, 3.63) is 29.1 Å². The zero-order valence-electron chi connectivity index (χ0n) is 16.9. The van der Waals surface area contributed by atoms with E-state index >= 15 is 0 Å². The van der Waals surface area contributed by atoms with Crippen molar-refractivity contribution >= 4 is 20.9 Å². The number of rotatable bonds is 4. The Kier molecular flexibility index (Phi) is 4.52. The topological polar surface area (TPSA) is 58.4 Å². The van der Waals surface area contributed by atoms with E-state index in [1.54, 1.807) is 0 Å². The van der Waals surface area contributed by atoms with Gasteiger partial charge in [0.05, 0.1) is 11.5 Å². The number of sulfone groups is 1. The van der Waals surface area contributed by atoms with Crippen molar-refractivity contribution in [1.82, 2.24) is 19.4 Å². The molecule has 2 aromatic heterocycles. The molecule has 4 heterocycles. The van der Waals surface area contributed by atoms with Crippen LogP contribution < -0.4 is 0 Å². The summed E-state index contributed by atoms with van der Waals surface area (Å²) in [6, 6.07) is 3.64. The molecular weight excluding hydrogens is 372 g/mol. The molecule has 1 saturated carbocycles. The number of hydrogen-bond acceptors (Lipinski definition) is 5. The molecule has 1 saturated heterocycles. The van der Waals surface area contributed by atoms with Gasteiger partial charge >= 0.3 is 0 Å². The number of nitrogens with zero attached hydrogens (tertiary/aromatic N) is 4. The summed E-state index contributed by atoms with van der Waals surface area (Å²) < 4.78 is 25.8. The molecule has 0 N–H and O–H groups in total. The van der Waals surface area contributed by atoms with Gasteiger partial charge in [0, 0.05) is 68.5 Å². The van der Waals surface area contributed by atoms with Gasteiger partial charge in [-0.05, 0) is 43.9 Å². The Balaban J connectivity index is 1.45. The summed E-state index contributed by atoms with van der Waals surface area (Å²) in [5, 5.41) is 1.31. The number of aromatic nitrogens is 2. The highest BCUT2D eigenvalue weighted by Gasteiger charge is 2.37. The normalized spacial score (nSPS) is 25.9. The number of pyridine rings is 1. The van der Waals surface area contributed by atoms with E-state index < -0.39 is 9.84 Å². The second-order valence-corrected chi connectivity index (χ2v) is 11.2. The molecule has 3 aliphatic rings. The summed E-state index contributed by atoms with van der Waals surface area (Å²) in [5.41, 5.74) is 5.23. The van der Waals surface area contributed by atoms with Gasteiger partial charge in [-0.15, -0.1) is 0 Å². The molecule has 2 aromatic rings. The number of fused-ring (bicyclic) bond motifs is 3. The summed E-state index contributed by atoms with van der Waals surface area (Å²) in [4.78, 5) is 9.79. The van der Waals surface area contributed by atoms with Crippen molar-refractivity contribution in [2.24, 2.45) is 0 Å². The largest absolute Gasteiger partial charge is 0.328 e. The molecule has 0 bridgehead atoms. The van der Waals surface area contributed by atoms with Crippen LogP contribution in [0.3, 0.4) is 0 Å². The summed E-state index contributed by atoms with van der Waals surface area (Å²) in [5.74, 6) is 0.588. The van der Waals surface area contributed by atoms with Gasteiger partial charge < -0.3 is 4.57 Å². The van der Waals surface area contributed by atoms with Crippen molar-refractivity contribution in [2.45, 2.75) is 58.3 Å². The Morgan fingerprint density at radius 2 is 1.93 bits per heavy atom. The molecule has 0 amide bonds. The third-order valence-electron chi connectivity index (χ3n) is 6.75. The van der Waals surface area contributed by atoms with Crippen LogP contribution >= 0.6 is 0 Å². The van der Waals surface area contributed by atoms with Crippen molar-refractivity contribution in [1.29, 1.82) is 0 Å². The van der Waals surface area contributed by atoms with Crippen LogP contribution in [0.25, 0.3) is 11.0 Å². The molecule has 2 fully saturated rings. The van der Waals surface area contributed by atoms with Gasteiger partial charge in [0.2, 0.25) is 0 Å². The van der Waals surface area contributed by atoms with Crippen molar-refractivity contribution in [3.8, 4) is 0 Å². The van der Waals surface area contributed by atoms with Gasteiger partial charge in [0.15, 0.2) is 9.84 Å². The Morgan fingerprint density at radius 1 is 1.18 bits per heavy atom. The zero-order valence-corrected chi connectivity index (χ0v) is 17.7. The molecule has 28 heavy (non-hydrogen) atoms. The highest BCUT2D eigenvalue weighted by atomic mass is 32.2. The first kappa shape index (κ1) is 18.6. The van der Waals surface area contributed by atoms with Crippen LogP contribution in [-0.2, 0) is 29.3 Å². The fourth-order valence-electron chi connectivity index (χ4n) is 4.94. The molecular formula is C21H30N4O2S. The van der Waals surface area contributed by atoms with Gasteiger partial charge in [-0.2, -0.15) is 0 Å². The van der Waals surface area contributed by atoms with Gasteiger partial charge in [-0.25, -0.2) is 13.4 Å². The van der Waals surface area contributed by atoms with Gasteiger partial charge in [0.25, 0.3) is 0 Å². The van der Waals surface area contributed by atoms with Crippen molar-refractivity contribution in [3.63, 3.8) is 0 Å². The van der Waals surface area contributed by atoms with E-state index in [2.05, 4.69) is 34.3 Å². The lowest BCUT2D eigenvalue weighted by Crippen LogP contribution is -2.42. The first-order chi connectivity index (χ1) is 13.4. The first-order valence-electron chi connectivity index (χ1n) is 10.6. The minimum absolute atomic E-state index is 0.294. The Morgan fingerprint density at radius 3 is 2.64 bits per heavy atom. The standard InChI is InChI=1S/C21H30N4O2S/c1-15-11-18-19-14-25(17-3-4-17)16(2)12-20(19)24(21(18)22-13-15)6-5-23-7-9-28(26,27)10-8-23/h11,13,16-17H,3-10,12,14H2,1-2H3. The van der Waals surface area contributed by atoms with E-state index in [0.29, 0.717) is 30.6 Å². The second kappa shape index (κ2) is 6.82. The Labute approximate surface area is 167 Å². The fourth-order valence-corrected chi connectivity index (χ4v) is 6.22. The van der Waals surface area contributed by atoms with E-state index in [0.717, 1.165) is 37.7 Å². The van der Waals surface area contributed by atoms with Crippen LogP contribution in [0.4, 0.5) is 0 Å². The fraction of sp³-hybridized carbons (Fsp3) is 0.667. The van der Waals surface area contributed by atoms with E-state index in [1.165, 1.54) is 35.0 Å². The minimum Gasteiger partial charge on any atom is -0.328 e. The summed E-state index contributed by atoms with van der Waals surface area (Å²) in [6.07, 6.45) is 5.73. The number of hydrogen-bond donors (Lipinski definition) is 0. The molecule has 5 rings (SSSR count). The molecule has 1 unspecified atom stereocenters. The van der Waals surface area contributed by atoms with E-state index in [1.807, 2.05) is 6.20 Å². The van der Waals surface area contributed by atoms with Crippen molar-refractivity contribution in [2.75, 3.05) is 31.1 Å². The Hall–Kier alpha value is -1.44. The van der Waals surface area contributed by atoms with Crippen LogP contribution in [0.5, 0.6) is 0 Å². The zero-order chi connectivity index (χ0) is 19.5.